The number of halogens is 4. The standard InChI is InChI=1S/C20H19ClF3N7OS/c1-32-14-3-2-10(6-15(14)33-31-19(9-25)4-5-19)16-12(20(22,23)24)7-11(8-13(16)21)27-18-28-17(26)29-30-18/h2-3,6-8,12,16,31H,4-5H2,1H3,(H4,26,27,28,29,30). The molecule has 4 rings (SSSR count). The van der Waals surface area contributed by atoms with Crippen LogP contribution in [0.2, 0.25) is 0 Å². The smallest absolute Gasteiger partial charge is 0.396 e. The fourth-order valence-corrected chi connectivity index (χ4v) is 4.80. The fraction of sp³-hybridized carbons (Fsp3) is 0.350. The van der Waals surface area contributed by atoms with Gasteiger partial charge in [0.25, 0.3) is 0 Å². The van der Waals surface area contributed by atoms with Crippen molar-refractivity contribution in [2.45, 2.75) is 35.4 Å². The molecule has 2 atom stereocenters. The molecule has 2 aliphatic carbocycles. The second kappa shape index (κ2) is 8.81. The molecule has 8 nitrogen and oxygen atoms in total. The van der Waals surface area contributed by atoms with E-state index in [0.29, 0.717) is 29.1 Å². The van der Waals surface area contributed by atoms with Gasteiger partial charge in [0.1, 0.15) is 11.3 Å². The van der Waals surface area contributed by atoms with Crippen LogP contribution >= 0.6 is 23.5 Å². The molecule has 2 aliphatic rings. The number of H-pyrrole nitrogens is 1. The SMILES string of the molecule is COc1ccc(C2C(Cl)=CC(Nc3n[nH]c(N)n3)=CC2C(F)(F)F)cc1SNC1(C#N)CC1. The van der Waals surface area contributed by atoms with Crippen LogP contribution in [0.15, 0.2) is 46.0 Å². The molecule has 0 aliphatic heterocycles. The monoisotopic (exact) mass is 497 g/mol. The molecule has 1 saturated carbocycles. The Kier molecular flexibility index (Phi) is 6.22. The first-order chi connectivity index (χ1) is 15.6. The summed E-state index contributed by atoms with van der Waals surface area (Å²) in [4.78, 5) is 4.40. The third kappa shape index (κ3) is 5.05. The number of rotatable bonds is 7. The van der Waals surface area contributed by atoms with Crippen LogP contribution in [-0.4, -0.2) is 34.0 Å². The summed E-state index contributed by atoms with van der Waals surface area (Å²) in [5.74, 6) is -2.54. The summed E-state index contributed by atoms with van der Waals surface area (Å²) in [5, 5.41) is 18.1. The lowest BCUT2D eigenvalue weighted by Crippen LogP contribution is -2.30. The van der Waals surface area contributed by atoms with Crippen molar-refractivity contribution >= 4 is 35.4 Å². The zero-order chi connectivity index (χ0) is 23.8. The highest BCUT2D eigenvalue weighted by Gasteiger charge is 2.47. The van der Waals surface area contributed by atoms with Crippen molar-refractivity contribution < 1.29 is 17.9 Å². The molecule has 1 aromatic carbocycles. The van der Waals surface area contributed by atoms with E-state index >= 15 is 0 Å². The average Bonchev–Trinajstić information content (AvgIpc) is 3.44. The predicted molar refractivity (Wildman–Crippen MR) is 118 cm³/mol. The Bertz CT molecular complexity index is 1150. The highest BCUT2D eigenvalue weighted by molar-refractivity contribution is 7.97. The van der Waals surface area contributed by atoms with E-state index in [9.17, 15) is 18.4 Å². The summed E-state index contributed by atoms with van der Waals surface area (Å²) >= 11 is 7.56. The number of nitrogen functional groups attached to an aromatic ring is 1. The third-order valence-electron chi connectivity index (χ3n) is 5.31. The Labute approximate surface area is 196 Å². The third-order valence-corrected chi connectivity index (χ3v) is 6.69. The molecule has 1 fully saturated rings. The number of ether oxygens (including phenoxy) is 1. The van der Waals surface area contributed by atoms with Crippen LogP contribution in [0.4, 0.5) is 25.1 Å². The van der Waals surface area contributed by atoms with Gasteiger partial charge >= 0.3 is 6.18 Å². The highest BCUT2D eigenvalue weighted by atomic mass is 35.5. The molecule has 13 heteroatoms. The molecule has 0 amide bonds. The number of aromatic nitrogens is 3. The van der Waals surface area contributed by atoms with Crippen molar-refractivity contribution in [2.75, 3.05) is 18.2 Å². The molecule has 33 heavy (non-hydrogen) atoms. The number of allylic oxidation sites excluding steroid dienone is 3. The number of alkyl halides is 3. The van der Waals surface area contributed by atoms with Crippen LogP contribution in [0.3, 0.4) is 0 Å². The molecular formula is C20H19ClF3N7OS. The first-order valence-corrected chi connectivity index (χ1v) is 11.0. The van der Waals surface area contributed by atoms with Gasteiger partial charge in [-0.1, -0.05) is 17.7 Å². The number of aromatic amines is 1. The Hall–Kier alpha value is -2.88. The van der Waals surface area contributed by atoms with Gasteiger partial charge in [0.05, 0.1) is 24.0 Å². The van der Waals surface area contributed by atoms with Crippen LogP contribution in [0, 0.1) is 17.2 Å². The predicted octanol–water partition coefficient (Wildman–Crippen LogP) is 4.44. The van der Waals surface area contributed by atoms with E-state index in [1.54, 1.807) is 18.2 Å². The van der Waals surface area contributed by atoms with Gasteiger partial charge in [-0.05, 0) is 54.6 Å². The first kappa shape index (κ1) is 23.3. The van der Waals surface area contributed by atoms with E-state index in [1.807, 2.05) is 0 Å². The number of methoxy groups -OCH3 is 1. The second-order valence-corrected chi connectivity index (χ2v) is 8.96. The number of nitrogens with zero attached hydrogens (tertiary/aromatic N) is 3. The van der Waals surface area contributed by atoms with Gasteiger partial charge in [-0.15, -0.1) is 5.10 Å². The van der Waals surface area contributed by atoms with Crippen molar-refractivity contribution in [2.24, 2.45) is 5.92 Å². The average molecular weight is 498 g/mol. The second-order valence-electron chi connectivity index (χ2n) is 7.67. The van der Waals surface area contributed by atoms with Crippen LogP contribution in [0.1, 0.15) is 24.3 Å². The van der Waals surface area contributed by atoms with E-state index in [-0.39, 0.29) is 22.6 Å². The van der Waals surface area contributed by atoms with Crippen molar-refractivity contribution in [1.29, 1.82) is 5.26 Å². The minimum Gasteiger partial charge on any atom is -0.496 e. The summed E-state index contributed by atoms with van der Waals surface area (Å²) < 4.78 is 50.7. The van der Waals surface area contributed by atoms with Crippen LogP contribution < -0.4 is 20.5 Å². The maximum Gasteiger partial charge on any atom is 0.396 e. The molecule has 0 radical (unpaired) electrons. The fourth-order valence-electron chi connectivity index (χ4n) is 3.42. The largest absolute Gasteiger partial charge is 0.496 e. The minimum absolute atomic E-state index is 0.00408. The number of hydrogen-bond donors (Lipinski definition) is 4. The molecule has 1 aromatic heterocycles. The Morgan fingerprint density at radius 1 is 1.39 bits per heavy atom. The van der Waals surface area contributed by atoms with Gasteiger partial charge in [0.15, 0.2) is 0 Å². The van der Waals surface area contributed by atoms with E-state index in [2.05, 4.69) is 31.3 Å². The molecule has 174 valence electrons. The van der Waals surface area contributed by atoms with Gasteiger partial charge in [0, 0.05) is 16.6 Å². The van der Waals surface area contributed by atoms with E-state index in [1.165, 1.54) is 13.2 Å². The van der Waals surface area contributed by atoms with Crippen molar-refractivity contribution in [3.05, 3.63) is 46.6 Å². The first-order valence-electron chi connectivity index (χ1n) is 9.78. The van der Waals surface area contributed by atoms with Gasteiger partial charge in [-0.2, -0.15) is 23.4 Å². The van der Waals surface area contributed by atoms with E-state index < -0.39 is 23.6 Å². The molecule has 0 bridgehead atoms. The summed E-state index contributed by atoms with van der Waals surface area (Å²) in [6.45, 7) is 0. The number of nitriles is 1. The van der Waals surface area contributed by atoms with Crippen LogP contribution in [0.25, 0.3) is 0 Å². The van der Waals surface area contributed by atoms with Crippen molar-refractivity contribution in [3.63, 3.8) is 0 Å². The van der Waals surface area contributed by atoms with Gasteiger partial charge in [-0.3, -0.25) is 0 Å². The number of nitrogens with two attached hydrogens (primary N) is 1. The number of benzene rings is 1. The lowest BCUT2D eigenvalue weighted by molar-refractivity contribution is -0.164. The maximum absolute atomic E-state index is 14.1. The quantitative estimate of drug-likeness (QED) is 0.414. The molecular weight excluding hydrogens is 479 g/mol. The Balaban J connectivity index is 1.64. The van der Waals surface area contributed by atoms with E-state index in [0.717, 1.165) is 18.0 Å². The topological polar surface area (TPSA) is 125 Å². The van der Waals surface area contributed by atoms with Gasteiger partial charge in [0.2, 0.25) is 11.9 Å². The van der Waals surface area contributed by atoms with Crippen molar-refractivity contribution in [3.8, 4) is 11.8 Å². The number of anilines is 2. The number of nitrogens with one attached hydrogen (secondary N) is 3. The van der Waals surface area contributed by atoms with Crippen LogP contribution in [-0.2, 0) is 0 Å². The summed E-state index contributed by atoms with van der Waals surface area (Å²) in [6, 6.07) is 6.97. The lowest BCUT2D eigenvalue weighted by Gasteiger charge is -2.31. The zero-order valence-corrected chi connectivity index (χ0v) is 18.8. The Morgan fingerprint density at radius 2 is 2.15 bits per heavy atom. The van der Waals surface area contributed by atoms with E-state index in [4.69, 9.17) is 22.1 Å². The Morgan fingerprint density at radius 3 is 2.73 bits per heavy atom. The van der Waals surface area contributed by atoms with Gasteiger partial charge < -0.3 is 15.8 Å². The summed E-state index contributed by atoms with van der Waals surface area (Å²) in [6.07, 6.45) is -0.696. The molecule has 5 N–H and O–H groups in total. The normalized spacial score (nSPS) is 21.6. The summed E-state index contributed by atoms with van der Waals surface area (Å²) in [5.41, 5.74) is 5.31. The maximum atomic E-state index is 14.1. The minimum atomic E-state index is -4.58. The molecule has 0 spiro atoms. The zero-order valence-electron chi connectivity index (χ0n) is 17.2. The molecule has 0 saturated heterocycles. The summed E-state index contributed by atoms with van der Waals surface area (Å²) in [7, 11) is 1.47. The number of hydrogen-bond acceptors (Lipinski definition) is 8. The molecule has 2 unspecified atom stereocenters. The molecule has 1 heterocycles. The van der Waals surface area contributed by atoms with Gasteiger partial charge in [-0.25, -0.2) is 9.82 Å². The molecule has 2 aromatic rings. The highest BCUT2D eigenvalue weighted by Crippen LogP contribution is 2.48. The van der Waals surface area contributed by atoms with Crippen molar-refractivity contribution in [1.82, 2.24) is 19.9 Å². The lowest BCUT2D eigenvalue weighted by atomic mass is 9.81. The van der Waals surface area contributed by atoms with Crippen LogP contribution in [0.5, 0.6) is 5.75 Å².